The van der Waals surface area contributed by atoms with Crippen molar-refractivity contribution in [1.82, 2.24) is 15.1 Å². The van der Waals surface area contributed by atoms with E-state index in [9.17, 15) is 14.4 Å². The quantitative estimate of drug-likeness (QED) is 0.786. The molecular weight excluding hydrogens is 344 g/mol. The molecule has 27 heavy (non-hydrogen) atoms. The highest BCUT2D eigenvalue weighted by Gasteiger charge is 2.22. The minimum absolute atomic E-state index is 0.0781. The number of nitrogens with zero attached hydrogens (tertiary/aromatic N) is 2. The minimum Gasteiger partial charge on any atom is -0.352 e. The topological polar surface area (TPSA) is 81.8 Å². The zero-order chi connectivity index (χ0) is 20.0. The molecule has 1 fully saturated rings. The average molecular weight is 374 g/mol. The van der Waals surface area contributed by atoms with Gasteiger partial charge in [-0.05, 0) is 50.9 Å². The van der Waals surface area contributed by atoms with Gasteiger partial charge in [0.15, 0.2) is 0 Å². The molecule has 7 nitrogen and oxygen atoms in total. The molecule has 0 saturated carbocycles. The number of hydrogen-bond donors (Lipinski definition) is 2. The van der Waals surface area contributed by atoms with Gasteiger partial charge in [0.1, 0.15) is 0 Å². The fourth-order valence-corrected chi connectivity index (χ4v) is 3.23. The molecule has 2 N–H and O–H groups in total. The highest BCUT2D eigenvalue weighted by Crippen LogP contribution is 2.17. The van der Waals surface area contributed by atoms with Crippen LogP contribution in [0, 0.1) is 13.8 Å². The molecule has 0 unspecified atom stereocenters. The van der Waals surface area contributed by atoms with Gasteiger partial charge in [0, 0.05) is 31.7 Å². The van der Waals surface area contributed by atoms with Crippen LogP contribution in [0.3, 0.4) is 0 Å². The van der Waals surface area contributed by atoms with Gasteiger partial charge in [0.05, 0.1) is 13.1 Å². The zero-order valence-electron chi connectivity index (χ0n) is 16.7. The van der Waals surface area contributed by atoms with E-state index in [0.29, 0.717) is 13.1 Å². The summed E-state index contributed by atoms with van der Waals surface area (Å²) < 4.78 is 0. The zero-order valence-corrected chi connectivity index (χ0v) is 16.7. The van der Waals surface area contributed by atoms with Crippen molar-refractivity contribution in [1.29, 1.82) is 0 Å². The Bertz CT molecular complexity index is 696. The van der Waals surface area contributed by atoms with Gasteiger partial charge >= 0.3 is 0 Å². The largest absolute Gasteiger partial charge is 0.352 e. The van der Waals surface area contributed by atoms with Crippen molar-refractivity contribution in [3.8, 4) is 0 Å². The third kappa shape index (κ3) is 6.36. The number of hydrogen-bond acceptors (Lipinski definition) is 4. The maximum Gasteiger partial charge on any atom is 0.238 e. The summed E-state index contributed by atoms with van der Waals surface area (Å²) in [5, 5.41) is 5.90. The van der Waals surface area contributed by atoms with E-state index in [-0.39, 0.29) is 36.9 Å². The van der Waals surface area contributed by atoms with Gasteiger partial charge in [-0.2, -0.15) is 0 Å². The van der Waals surface area contributed by atoms with Crippen LogP contribution in [-0.2, 0) is 14.4 Å². The van der Waals surface area contributed by atoms with Crippen LogP contribution in [0.5, 0.6) is 0 Å². The van der Waals surface area contributed by atoms with E-state index in [4.69, 9.17) is 0 Å². The molecule has 7 heteroatoms. The van der Waals surface area contributed by atoms with Gasteiger partial charge < -0.3 is 15.5 Å². The maximum atomic E-state index is 12.2. The lowest BCUT2D eigenvalue weighted by atomic mass is 10.1. The first-order valence-electron chi connectivity index (χ1n) is 9.35. The van der Waals surface area contributed by atoms with E-state index in [1.807, 2.05) is 32.0 Å². The second-order valence-electron chi connectivity index (χ2n) is 7.32. The number of rotatable bonds is 6. The minimum atomic E-state index is -0.145. The molecule has 148 valence electrons. The molecule has 1 saturated heterocycles. The number of likely N-dealkylation sites (N-methyl/N-ethyl adjacent to an activating group) is 1. The van der Waals surface area contributed by atoms with Crippen LogP contribution in [0.2, 0.25) is 0 Å². The molecule has 1 aromatic rings. The average Bonchev–Trinajstić information content (AvgIpc) is 2.59. The maximum absolute atomic E-state index is 12.2. The van der Waals surface area contributed by atoms with E-state index >= 15 is 0 Å². The van der Waals surface area contributed by atoms with Gasteiger partial charge in [0.2, 0.25) is 17.7 Å². The molecule has 1 aromatic carbocycles. The Labute approximate surface area is 161 Å². The van der Waals surface area contributed by atoms with Crippen LogP contribution in [0.25, 0.3) is 0 Å². The standard InChI is InChI=1S/C20H30N4O3/c1-14-6-5-7-18(15(14)2)22-20(27)13-23(4)12-19(26)21-17-8-10-24(11-9-17)16(3)25/h5-7,17H,8-13H2,1-4H3,(H,21,26)(H,22,27). The molecule has 1 aliphatic rings. The number of carbonyl (C=O) groups is 3. The van der Waals surface area contributed by atoms with Crippen molar-refractivity contribution in [2.75, 3.05) is 38.5 Å². The van der Waals surface area contributed by atoms with E-state index in [2.05, 4.69) is 10.6 Å². The van der Waals surface area contributed by atoms with Gasteiger partial charge in [-0.15, -0.1) is 0 Å². The molecule has 0 atom stereocenters. The summed E-state index contributed by atoms with van der Waals surface area (Å²) in [6.45, 7) is 7.19. The van der Waals surface area contributed by atoms with Crippen LogP contribution in [-0.4, -0.2) is 66.8 Å². The third-order valence-electron chi connectivity index (χ3n) is 5.01. The Kier molecular flexibility index (Phi) is 7.36. The molecule has 0 aliphatic carbocycles. The lowest BCUT2D eigenvalue weighted by molar-refractivity contribution is -0.130. The van der Waals surface area contributed by atoms with Crippen molar-refractivity contribution in [3.63, 3.8) is 0 Å². The number of likely N-dealkylation sites (tertiary alicyclic amines) is 1. The molecule has 0 radical (unpaired) electrons. The van der Waals surface area contributed by atoms with Crippen molar-refractivity contribution in [2.45, 2.75) is 39.7 Å². The molecule has 0 aromatic heterocycles. The second kappa shape index (κ2) is 9.50. The summed E-state index contributed by atoms with van der Waals surface area (Å²) >= 11 is 0. The van der Waals surface area contributed by atoms with Crippen molar-refractivity contribution >= 4 is 23.4 Å². The van der Waals surface area contributed by atoms with Crippen LogP contribution in [0.4, 0.5) is 5.69 Å². The summed E-state index contributed by atoms with van der Waals surface area (Å²) in [7, 11) is 1.75. The summed E-state index contributed by atoms with van der Waals surface area (Å²) in [5.41, 5.74) is 2.97. The van der Waals surface area contributed by atoms with Gasteiger partial charge in [-0.25, -0.2) is 0 Å². The molecule has 1 aliphatic heterocycles. The van der Waals surface area contributed by atoms with Crippen molar-refractivity contribution in [2.24, 2.45) is 0 Å². The molecule has 2 rings (SSSR count). The summed E-state index contributed by atoms with van der Waals surface area (Å²) in [6, 6.07) is 5.88. The molecule has 3 amide bonds. The molecule has 0 bridgehead atoms. The Morgan fingerprint density at radius 3 is 2.37 bits per heavy atom. The summed E-state index contributed by atoms with van der Waals surface area (Å²) in [4.78, 5) is 39.3. The van der Waals surface area contributed by atoms with E-state index < -0.39 is 0 Å². The third-order valence-corrected chi connectivity index (χ3v) is 5.01. The number of piperidine rings is 1. The summed E-state index contributed by atoms with van der Waals surface area (Å²) in [5.74, 6) is -0.165. The van der Waals surface area contributed by atoms with Crippen molar-refractivity contribution in [3.05, 3.63) is 29.3 Å². The number of benzene rings is 1. The first-order valence-corrected chi connectivity index (χ1v) is 9.35. The fourth-order valence-electron chi connectivity index (χ4n) is 3.23. The normalized spacial score (nSPS) is 14.9. The van der Waals surface area contributed by atoms with Gasteiger partial charge in [-0.3, -0.25) is 19.3 Å². The van der Waals surface area contributed by atoms with E-state index in [0.717, 1.165) is 29.7 Å². The molecule has 0 spiro atoms. The van der Waals surface area contributed by atoms with Crippen LogP contribution in [0.15, 0.2) is 18.2 Å². The number of nitrogens with one attached hydrogen (secondary N) is 2. The van der Waals surface area contributed by atoms with E-state index in [1.54, 1.807) is 23.8 Å². The smallest absolute Gasteiger partial charge is 0.238 e. The summed E-state index contributed by atoms with van der Waals surface area (Å²) in [6.07, 6.45) is 1.53. The second-order valence-corrected chi connectivity index (χ2v) is 7.32. The lowest BCUT2D eigenvalue weighted by Crippen LogP contribution is -2.48. The van der Waals surface area contributed by atoms with E-state index in [1.165, 1.54) is 0 Å². The highest BCUT2D eigenvalue weighted by atomic mass is 16.2. The highest BCUT2D eigenvalue weighted by molar-refractivity contribution is 5.93. The van der Waals surface area contributed by atoms with Crippen LogP contribution >= 0.6 is 0 Å². The first kappa shape index (κ1) is 20.9. The van der Waals surface area contributed by atoms with Crippen LogP contribution in [0.1, 0.15) is 30.9 Å². The first-order chi connectivity index (χ1) is 12.8. The Hall–Kier alpha value is -2.41. The number of aryl methyl sites for hydroxylation is 1. The number of carbonyl (C=O) groups excluding carboxylic acids is 3. The lowest BCUT2D eigenvalue weighted by Gasteiger charge is -2.32. The molecular formula is C20H30N4O3. The van der Waals surface area contributed by atoms with Crippen LogP contribution < -0.4 is 10.6 Å². The number of amides is 3. The Balaban J connectivity index is 1.74. The number of anilines is 1. The fraction of sp³-hybridized carbons (Fsp3) is 0.550. The van der Waals surface area contributed by atoms with Gasteiger partial charge in [-0.1, -0.05) is 12.1 Å². The SMILES string of the molecule is CC(=O)N1CCC(NC(=O)CN(C)CC(=O)Nc2cccc(C)c2C)CC1. The van der Waals surface area contributed by atoms with Gasteiger partial charge in [0.25, 0.3) is 0 Å². The predicted octanol–water partition coefficient (Wildman–Crippen LogP) is 1.30. The predicted molar refractivity (Wildman–Crippen MR) is 105 cm³/mol. The Morgan fingerprint density at radius 1 is 1.11 bits per heavy atom. The molecule has 1 heterocycles. The monoisotopic (exact) mass is 374 g/mol. The Morgan fingerprint density at radius 2 is 1.74 bits per heavy atom. The van der Waals surface area contributed by atoms with Crippen molar-refractivity contribution < 1.29 is 14.4 Å².